The number of nitrogens with zero attached hydrogens (tertiary/aromatic N) is 3. The zero-order chi connectivity index (χ0) is 11.4. The van der Waals surface area contributed by atoms with E-state index >= 15 is 0 Å². The minimum Gasteiger partial charge on any atom is -0.384 e. The van der Waals surface area contributed by atoms with Crippen LogP contribution >= 0.6 is 0 Å². The van der Waals surface area contributed by atoms with Crippen molar-refractivity contribution in [3.63, 3.8) is 0 Å². The van der Waals surface area contributed by atoms with Crippen molar-refractivity contribution < 1.29 is 0 Å². The molecule has 1 aromatic heterocycles. The maximum absolute atomic E-state index is 5.98. The Morgan fingerprint density at radius 3 is 2.47 bits per heavy atom. The normalized spacial score (nSPS) is 11.3. The van der Waals surface area contributed by atoms with Gasteiger partial charge in [-0.2, -0.15) is 5.10 Å². The summed E-state index contributed by atoms with van der Waals surface area (Å²) in [5.74, 6) is 0.794. The average molecular weight is 210 g/mol. The van der Waals surface area contributed by atoms with Crippen LogP contribution in [0.25, 0.3) is 0 Å². The first-order valence-corrected chi connectivity index (χ1v) is 5.60. The number of anilines is 1. The number of aryl methyl sites for hydroxylation is 2. The molecular weight excluding hydrogens is 188 g/mol. The quantitative estimate of drug-likeness (QED) is 0.802. The minimum absolute atomic E-state index is 0.794. The van der Waals surface area contributed by atoms with Gasteiger partial charge >= 0.3 is 0 Å². The summed E-state index contributed by atoms with van der Waals surface area (Å²) in [6.45, 7) is 9.48. The second-order valence-corrected chi connectivity index (χ2v) is 3.94. The van der Waals surface area contributed by atoms with Crippen molar-refractivity contribution in [3.8, 4) is 0 Å². The van der Waals surface area contributed by atoms with E-state index in [0.717, 1.165) is 31.1 Å². The smallest absolute Gasteiger partial charge is 0.126 e. The predicted octanol–water partition coefficient (Wildman–Crippen LogP) is 1.54. The van der Waals surface area contributed by atoms with Crippen LogP contribution in [0.4, 0.5) is 5.82 Å². The van der Waals surface area contributed by atoms with E-state index in [1.54, 1.807) is 4.68 Å². The van der Waals surface area contributed by atoms with Gasteiger partial charge in [-0.25, -0.2) is 0 Å². The molecule has 86 valence electrons. The Hall–Kier alpha value is -1.03. The molecular formula is C11H22N4. The number of hydrogen-bond donors (Lipinski definition) is 1. The van der Waals surface area contributed by atoms with E-state index in [-0.39, 0.29) is 0 Å². The Morgan fingerprint density at radius 2 is 2.07 bits per heavy atom. The van der Waals surface area contributed by atoms with Gasteiger partial charge in [0.15, 0.2) is 0 Å². The zero-order valence-corrected chi connectivity index (χ0v) is 10.2. The summed E-state index contributed by atoms with van der Waals surface area (Å²) < 4.78 is 1.75. The lowest BCUT2D eigenvalue weighted by molar-refractivity contribution is 0.280. The molecule has 0 saturated heterocycles. The summed E-state index contributed by atoms with van der Waals surface area (Å²) in [5, 5.41) is 4.32. The molecule has 15 heavy (non-hydrogen) atoms. The molecule has 0 saturated carbocycles. The van der Waals surface area contributed by atoms with Crippen LogP contribution in [0.5, 0.6) is 0 Å². The first-order valence-electron chi connectivity index (χ1n) is 5.60. The van der Waals surface area contributed by atoms with Crippen LogP contribution in [-0.4, -0.2) is 27.8 Å². The van der Waals surface area contributed by atoms with Crippen molar-refractivity contribution in [1.29, 1.82) is 0 Å². The zero-order valence-electron chi connectivity index (χ0n) is 10.2. The van der Waals surface area contributed by atoms with E-state index in [1.807, 2.05) is 14.0 Å². The standard InChI is InChI=1S/C11H22N4/c1-5-7-15(6-2)8-10-9(3)13-14(4)11(10)12/h5-8,12H2,1-4H3. The first kappa shape index (κ1) is 12.0. The summed E-state index contributed by atoms with van der Waals surface area (Å²) >= 11 is 0. The molecule has 0 aliphatic carbocycles. The monoisotopic (exact) mass is 210 g/mol. The maximum atomic E-state index is 5.98. The van der Waals surface area contributed by atoms with Gasteiger partial charge in [0.1, 0.15) is 5.82 Å². The SMILES string of the molecule is CCCN(CC)Cc1c(C)nn(C)c1N. The molecule has 0 aliphatic rings. The number of nitrogen functional groups attached to an aromatic ring is 1. The van der Waals surface area contributed by atoms with Gasteiger partial charge in [-0.05, 0) is 26.4 Å². The highest BCUT2D eigenvalue weighted by Gasteiger charge is 2.12. The molecule has 0 amide bonds. The molecule has 1 rings (SSSR count). The average Bonchev–Trinajstić information content (AvgIpc) is 2.44. The van der Waals surface area contributed by atoms with Crippen LogP contribution in [0.1, 0.15) is 31.5 Å². The summed E-state index contributed by atoms with van der Waals surface area (Å²) in [4.78, 5) is 2.39. The Kier molecular flexibility index (Phi) is 4.15. The van der Waals surface area contributed by atoms with E-state index in [1.165, 1.54) is 12.0 Å². The van der Waals surface area contributed by atoms with Crippen LogP contribution in [0.15, 0.2) is 0 Å². The molecule has 1 heterocycles. The fourth-order valence-corrected chi connectivity index (χ4v) is 1.80. The lowest BCUT2D eigenvalue weighted by Crippen LogP contribution is -2.24. The predicted molar refractivity (Wildman–Crippen MR) is 63.6 cm³/mol. The van der Waals surface area contributed by atoms with E-state index < -0.39 is 0 Å². The van der Waals surface area contributed by atoms with Gasteiger partial charge in [0.2, 0.25) is 0 Å². The van der Waals surface area contributed by atoms with Crippen molar-refractivity contribution in [3.05, 3.63) is 11.3 Å². The van der Waals surface area contributed by atoms with Crippen molar-refractivity contribution >= 4 is 5.82 Å². The third-order valence-corrected chi connectivity index (χ3v) is 2.76. The fraction of sp³-hybridized carbons (Fsp3) is 0.727. The number of rotatable bonds is 5. The van der Waals surface area contributed by atoms with Crippen molar-refractivity contribution in [1.82, 2.24) is 14.7 Å². The van der Waals surface area contributed by atoms with Gasteiger partial charge in [-0.15, -0.1) is 0 Å². The molecule has 0 aliphatic heterocycles. The van der Waals surface area contributed by atoms with Crippen molar-refractivity contribution in [2.45, 2.75) is 33.7 Å². The number of nitrogens with two attached hydrogens (primary N) is 1. The van der Waals surface area contributed by atoms with Crippen LogP contribution < -0.4 is 5.73 Å². The molecule has 0 fully saturated rings. The molecule has 0 bridgehead atoms. The second kappa shape index (κ2) is 5.16. The second-order valence-electron chi connectivity index (χ2n) is 3.94. The summed E-state index contributed by atoms with van der Waals surface area (Å²) in [7, 11) is 1.89. The van der Waals surface area contributed by atoms with Gasteiger partial charge in [-0.3, -0.25) is 9.58 Å². The number of hydrogen-bond acceptors (Lipinski definition) is 3. The molecule has 2 N–H and O–H groups in total. The molecule has 1 aromatic rings. The van der Waals surface area contributed by atoms with Gasteiger partial charge in [-0.1, -0.05) is 13.8 Å². The Bertz CT molecular complexity index is 317. The molecule has 0 atom stereocenters. The summed E-state index contributed by atoms with van der Waals surface area (Å²) in [6, 6.07) is 0. The highest BCUT2D eigenvalue weighted by atomic mass is 15.3. The number of aromatic nitrogens is 2. The summed E-state index contributed by atoms with van der Waals surface area (Å²) in [5.41, 5.74) is 8.20. The van der Waals surface area contributed by atoms with Gasteiger partial charge in [0, 0.05) is 19.2 Å². The molecule has 0 radical (unpaired) electrons. The Labute approximate surface area is 92.1 Å². The van der Waals surface area contributed by atoms with E-state index in [9.17, 15) is 0 Å². The fourth-order valence-electron chi connectivity index (χ4n) is 1.80. The third kappa shape index (κ3) is 2.72. The Balaban J connectivity index is 2.78. The molecule has 0 aromatic carbocycles. The minimum atomic E-state index is 0.794. The molecule has 4 heteroatoms. The van der Waals surface area contributed by atoms with Crippen molar-refractivity contribution in [2.24, 2.45) is 7.05 Å². The van der Waals surface area contributed by atoms with Crippen LogP contribution in [-0.2, 0) is 13.6 Å². The topological polar surface area (TPSA) is 47.1 Å². The lowest BCUT2D eigenvalue weighted by Gasteiger charge is -2.19. The maximum Gasteiger partial charge on any atom is 0.126 e. The third-order valence-electron chi connectivity index (χ3n) is 2.76. The summed E-state index contributed by atoms with van der Waals surface area (Å²) in [6.07, 6.45) is 1.17. The van der Waals surface area contributed by atoms with E-state index in [0.29, 0.717) is 0 Å². The van der Waals surface area contributed by atoms with Gasteiger partial charge < -0.3 is 5.73 Å². The van der Waals surface area contributed by atoms with Gasteiger partial charge in [0.25, 0.3) is 0 Å². The molecule has 0 spiro atoms. The van der Waals surface area contributed by atoms with Crippen LogP contribution in [0.2, 0.25) is 0 Å². The van der Waals surface area contributed by atoms with Gasteiger partial charge in [0.05, 0.1) is 5.69 Å². The Morgan fingerprint density at radius 1 is 1.40 bits per heavy atom. The molecule has 4 nitrogen and oxygen atoms in total. The van der Waals surface area contributed by atoms with Crippen molar-refractivity contribution in [2.75, 3.05) is 18.8 Å². The molecule has 0 unspecified atom stereocenters. The van der Waals surface area contributed by atoms with E-state index in [2.05, 4.69) is 23.8 Å². The lowest BCUT2D eigenvalue weighted by atomic mass is 10.2. The highest BCUT2D eigenvalue weighted by Crippen LogP contribution is 2.17. The van der Waals surface area contributed by atoms with E-state index in [4.69, 9.17) is 5.73 Å². The van der Waals surface area contributed by atoms with Crippen LogP contribution in [0.3, 0.4) is 0 Å². The van der Waals surface area contributed by atoms with Crippen LogP contribution in [0, 0.1) is 6.92 Å². The highest BCUT2D eigenvalue weighted by molar-refractivity contribution is 5.42. The first-order chi connectivity index (χ1) is 7.10. The largest absolute Gasteiger partial charge is 0.384 e.